The van der Waals surface area contributed by atoms with E-state index in [1.807, 2.05) is 31.1 Å². The van der Waals surface area contributed by atoms with Gasteiger partial charge in [-0.05, 0) is 31.8 Å². The third-order valence-corrected chi connectivity index (χ3v) is 2.91. The Labute approximate surface area is 113 Å². The zero-order valence-corrected chi connectivity index (χ0v) is 11.7. The molecule has 0 spiro atoms. The molecular weight excluding hydrogens is 248 g/mol. The van der Waals surface area contributed by atoms with Gasteiger partial charge >= 0.3 is 0 Å². The highest BCUT2D eigenvalue weighted by Gasteiger charge is 2.29. The van der Waals surface area contributed by atoms with Crippen LogP contribution in [0, 0.1) is 10.1 Å². The fourth-order valence-electron chi connectivity index (χ4n) is 2.01. The van der Waals surface area contributed by atoms with Crippen LogP contribution in [0.5, 0.6) is 5.75 Å². The molecule has 0 N–H and O–H groups in total. The minimum absolute atomic E-state index is 0.182. The molecule has 0 amide bonds. The molecule has 0 aromatic heterocycles. The van der Waals surface area contributed by atoms with Crippen LogP contribution in [-0.2, 0) is 4.74 Å². The van der Waals surface area contributed by atoms with Crippen molar-refractivity contribution in [3.05, 3.63) is 39.9 Å². The van der Waals surface area contributed by atoms with Crippen molar-refractivity contribution in [3.8, 4) is 5.75 Å². The first-order valence-electron chi connectivity index (χ1n) is 5.99. The lowest BCUT2D eigenvalue weighted by atomic mass is 10.00. The maximum absolute atomic E-state index is 11.0. The predicted molar refractivity (Wildman–Crippen MR) is 71.8 cm³/mol. The summed E-state index contributed by atoms with van der Waals surface area (Å²) >= 11 is 0. The summed E-state index contributed by atoms with van der Waals surface area (Å²) in [7, 11) is 5.22. The molecule has 0 aliphatic rings. The molecule has 1 rings (SSSR count). The van der Waals surface area contributed by atoms with E-state index in [1.165, 1.54) is 0 Å². The number of hydrogen-bond acceptors (Lipinski definition) is 5. The molecule has 0 aliphatic heterocycles. The molecule has 0 saturated heterocycles. The van der Waals surface area contributed by atoms with E-state index in [9.17, 15) is 10.1 Å². The summed E-state index contributed by atoms with van der Waals surface area (Å²) in [5, 5.41) is 11.0. The summed E-state index contributed by atoms with van der Waals surface area (Å²) in [6, 6.07) is 6.31. The third-order valence-electron chi connectivity index (χ3n) is 2.91. The second-order valence-corrected chi connectivity index (χ2v) is 4.55. The molecule has 0 heterocycles. The highest BCUT2D eigenvalue weighted by molar-refractivity contribution is 5.29. The molecule has 6 nitrogen and oxygen atoms in total. The summed E-state index contributed by atoms with van der Waals surface area (Å²) < 4.78 is 10.1. The van der Waals surface area contributed by atoms with E-state index in [2.05, 4.69) is 0 Å². The minimum Gasteiger partial charge on any atom is -0.468 e. The van der Waals surface area contributed by atoms with Crippen LogP contribution in [0.2, 0.25) is 0 Å². The molecule has 106 valence electrons. The number of nitrogens with zero attached hydrogens (tertiary/aromatic N) is 2. The van der Waals surface area contributed by atoms with Crippen molar-refractivity contribution in [2.24, 2.45) is 0 Å². The van der Waals surface area contributed by atoms with Gasteiger partial charge in [-0.2, -0.15) is 0 Å². The Morgan fingerprint density at radius 3 is 2.32 bits per heavy atom. The average Bonchev–Trinajstić information content (AvgIpc) is 2.37. The molecule has 0 saturated carbocycles. The van der Waals surface area contributed by atoms with Gasteiger partial charge in [-0.25, -0.2) is 0 Å². The van der Waals surface area contributed by atoms with Crippen molar-refractivity contribution < 1.29 is 14.4 Å². The van der Waals surface area contributed by atoms with Gasteiger partial charge in [0, 0.05) is 19.0 Å². The topological polar surface area (TPSA) is 64.8 Å². The first-order chi connectivity index (χ1) is 8.97. The molecule has 6 heteroatoms. The van der Waals surface area contributed by atoms with Crippen molar-refractivity contribution in [1.29, 1.82) is 0 Å². The van der Waals surface area contributed by atoms with Crippen LogP contribution < -0.4 is 4.74 Å². The van der Waals surface area contributed by atoms with Crippen LogP contribution in [0.3, 0.4) is 0 Å². The zero-order chi connectivity index (χ0) is 14.4. The van der Waals surface area contributed by atoms with Crippen molar-refractivity contribution >= 4 is 0 Å². The molecule has 0 aliphatic carbocycles. The van der Waals surface area contributed by atoms with Crippen molar-refractivity contribution in [1.82, 2.24) is 4.90 Å². The monoisotopic (exact) mass is 268 g/mol. The van der Waals surface area contributed by atoms with E-state index in [4.69, 9.17) is 9.47 Å². The molecule has 2 atom stereocenters. The van der Waals surface area contributed by atoms with Crippen LogP contribution in [0.25, 0.3) is 0 Å². The van der Waals surface area contributed by atoms with Crippen molar-refractivity contribution in [3.63, 3.8) is 0 Å². The number of hydrogen-bond donors (Lipinski definition) is 0. The molecule has 0 bridgehead atoms. The van der Waals surface area contributed by atoms with Gasteiger partial charge < -0.3 is 9.47 Å². The van der Waals surface area contributed by atoms with E-state index in [0.29, 0.717) is 5.75 Å². The summed E-state index contributed by atoms with van der Waals surface area (Å²) in [6.07, 6.45) is 0. The first kappa shape index (κ1) is 15.4. The molecule has 1 aromatic carbocycles. The van der Waals surface area contributed by atoms with Crippen LogP contribution >= 0.6 is 0 Å². The summed E-state index contributed by atoms with van der Waals surface area (Å²) in [5.41, 5.74) is 0.888. The van der Waals surface area contributed by atoms with Gasteiger partial charge in [0.15, 0.2) is 6.79 Å². The number of methoxy groups -OCH3 is 1. The van der Waals surface area contributed by atoms with E-state index < -0.39 is 6.04 Å². The Hall–Kier alpha value is -1.66. The maximum atomic E-state index is 11.0. The number of nitro groups is 1. The standard InChI is InChI=1S/C13H20N2O4/c1-10(15(16)17)13(14(2)3)11-5-7-12(8-6-11)19-9-18-4/h5-8,10,13H,9H2,1-4H3/t10-,13+/m0/s1. The fourth-order valence-corrected chi connectivity index (χ4v) is 2.01. The lowest BCUT2D eigenvalue weighted by Gasteiger charge is -2.25. The largest absolute Gasteiger partial charge is 0.468 e. The highest BCUT2D eigenvalue weighted by Crippen LogP contribution is 2.25. The average molecular weight is 268 g/mol. The maximum Gasteiger partial charge on any atom is 0.229 e. The normalized spacial score (nSPS) is 14.2. The van der Waals surface area contributed by atoms with Gasteiger partial charge in [0.1, 0.15) is 11.8 Å². The Balaban J connectivity index is 2.88. The molecule has 1 aromatic rings. The summed E-state index contributed by atoms with van der Waals surface area (Å²) in [6.45, 7) is 1.79. The van der Waals surface area contributed by atoms with Crippen molar-refractivity contribution in [2.75, 3.05) is 28.0 Å². The van der Waals surface area contributed by atoms with Gasteiger partial charge in [-0.3, -0.25) is 15.0 Å². The van der Waals surface area contributed by atoms with Crippen LogP contribution in [0.1, 0.15) is 18.5 Å². The summed E-state index contributed by atoms with van der Waals surface area (Å²) in [5.74, 6) is 0.678. The Morgan fingerprint density at radius 1 is 1.32 bits per heavy atom. The second kappa shape index (κ2) is 7.06. The SMILES string of the molecule is COCOc1ccc([C@@H]([C@H](C)[N+](=O)[O-])N(C)C)cc1. The highest BCUT2D eigenvalue weighted by atomic mass is 16.7. The Morgan fingerprint density at radius 2 is 1.89 bits per heavy atom. The van der Waals surface area contributed by atoms with Gasteiger partial charge in [0.25, 0.3) is 0 Å². The third kappa shape index (κ3) is 4.18. The first-order valence-corrected chi connectivity index (χ1v) is 5.99. The van der Waals surface area contributed by atoms with E-state index in [0.717, 1.165) is 5.56 Å². The number of benzene rings is 1. The molecule has 0 radical (unpaired) electrons. The predicted octanol–water partition coefficient (Wildman–Crippen LogP) is 1.94. The summed E-state index contributed by atoms with van der Waals surface area (Å²) in [4.78, 5) is 12.5. The molecular formula is C13H20N2O4. The van der Waals surface area contributed by atoms with E-state index in [1.54, 1.807) is 26.2 Å². The van der Waals surface area contributed by atoms with Crippen LogP contribution in [0.4, 0.5) is 0 Å². The number of likely N-dealkylation sites (N-methyl/N-ethyl adjacent to an activating group) is 1. The van der Waals surface area contributed by atoms with Gasteiger partial charge in [0.05, 0.1) is 0 Å². The fraction of sp³-hybridized carbons (Fsp3) is 0.538. The number of ether oxygens (including phenoxy) is 2. The molecule has 0 unspecified atom stereocenters. The quantitative estimate of drug-likeness (QED) is 0.429. The zero-order valence-electron chi connectivity index (χ0n) is 11.7. The second-order valence-electron chi connectivity index (χ2n) is 4.55. The lowest BCUT2D eigenvalue weighted by Crippen LogP contribution is -2.34. The van der Waals surface area contributed by atoms with Crippen LogP contribution in [-0.4, -0.2) is 43.9 Å². The lowest BCUT2D eigenvalue weighted by molar-refractivity contribution is -0.526. The van der Waals surface area contributed by atoms with Gasteiger partial charge in [-0.1, -0.05) is 12.1 Å². The molecule has 0 fully saturated rings. The van der Waals surface area contributed by atoms with Gasteiger partial charge in [0.2, 0.25) is 6.04 Å². The minimum atomic E-state index is -0.680. The van der Waals surface area contributed by atoms with Gasteiger partial charge in [-0.15, -0.1) is 0 Å². The molecule has 19 heavy (non-hydrogen) atoms. The Bertz CT molecular complexity index is 406. The van der Waals surface area contributed by atoms with E-state index in [-0.39, 0.29) is 17.8 Å². The van der Waals surface area contributed by atoms with E-state index >= 15 is 0 Å². The Kier molecular flexibility index (Phi) is 5.72. The van der Waals surface area contributed by atoms with Crippen molar-refractivity contribution in [2.45, 2.75) is 19.0 Å². The smallest absolute Gasteiger partial charge is 0.229 e. The van der Waals surface area contributed by atoms with Crippen LogP contribution in [0.15, 0.2) is 24.3 Å². The number of rotatable bonds is 7.